The quantitative estimate of drug-likeness (QED) is 0.779. The summed E-state index contributed by atoms with van der Waals surface area (Å²) < 4.78 is 23.9. The molecule has 0 radical (unpaired) electrons. The number of nitrogens with zero attached hydrogens (tertiary/aromatic N) is 1. The normalized spacial score (nSPS) is 20.9. The van der Waals surface area contributed by atoms with Gasteiger partial charge in [-0.25, -0.2) is 9.18 Å². The van der Waals surface area contributed by atoms with Gasteiger partial charge >= 0.3 is 12.1 Å². The van der Waals surface area contributed by atoms with E-state index in [0.717, 1.165) is 5.56 Å². The molecule has 1 heterocycles. The molecule has 1 saturated heterocycles. The zero-order valence-electron chi connectivity index (χ0n) is 15.3. The van der Waals surface area contributed by atoms with Gasteiger partial charge in [-0.2, -0.15) is 0 Å². The molecule has 0 spiro atoms. The monoisotopic (exact) mass is 351 g/mol. The highest BCUT2D eigenvalue weighted by molar-refractivity contribution is 5.75. The van der Waals surface area contributed by atoms with Gasteiger partial charge in [0.25, 0.3) is 0 Å². The third-order valence-corrected chi connectivity index (χ3v) is 4.15. The van der Waals surface area contributed by atoms with Crippen molar-refractivity contribution in [2.75, 3.05) is 19.7 Å². The molecule has 2 rings (SSSR count). The van der Waals surface area contributed by atoms with E-state index in [-0.39, 0.29) is 23.6 Å². The number of carbonyl (C=O) groups is 2. The predicted molar refractivity (Wildman–Crippen MR) is 91.7 cm³/mol. The van der Waals surface area contributed by atoms with Crippen LogP contribution in [0.15, 0.2) is 24.3 Å². The Labute approximate surface area is 148 Å². The van der Waals surface area contributed by atoms with Crippen LogP contribution in [0.5, 0.6) is 0 Å². The summed E-state index contributed by atoms with van der Waals surface area (Å²) >= 11 is 0. The highest BCUT2D eigenvalue weighted by atomic mass is 19.1. The summed E-state index contributed by atoms with van der Waals surface area (Å²) in [6, 6.07) is 6.05. The summed E-state index contributed by atoms with van der Waals surface area (Å²) in [6.45, 7) is 8.27. The van der Waals surface area contributed by atoms with E-state index in [2.05, 4.69) is 0 Å². The SMILES string of the molecule is CCOC(=O)[C@@H]1CCN(C(=O)OC(C)(C)C)C[C@@H]1c1ccc(F)cc1. The first kappa shape index (κ1) is 19.2. The predicted octanol–water partition coefficient (Wildman–Crippen LogP) is 3.73. The van der Waals surface area contributed by atoms with Crippen LogP contribution in [-0.4, -0.2) is 42.3 Å². The smallest absolute Gasteiger partial charge is 0.410 e. The number of hydrogen-bond donors (Lipinski definition) is 0. The van der Waals surface area contributed by atoms with Crippen LogP contribution in [-0.2, 0) is 14.3 Å². The minimum atomic E-state index is -0.583. The molecule has 25 heavy (non-hydrogen) atoms. The van der Waals surface area contributed by atoms with Crippen LogP contribution in [0.4, 0.5) is 9.18 Å². The van der Waals surface area contributed by atoms with E-state index in [1.807, 2.05) is 20.8 Å². The van der Waals surface area contributed by atoms with Crippen LogP contribution in [0.2, 0.25) is 0 Å². The Kier molecular flexibility index (Phi) is 6.03. The number of amides is 1. The van der Waals surface area contributed by atoms with E-state index in [4.69, 9.17) is 9.47 Å². The van der Waals surface area contributed by atoms with Crippen molar-refractivity contribution < 1.29 is 23.5 Å². The van der Waals surface area contributed by atoms with Crippen LogP contribution < -0.4 is 0 Å². The van der Waals surface area contributed by atoms with E-state index in [1.165, 1.54) is 12.1 Å². The van der Waals surface area contributed by atoms with Crippen LogP contribution in [0.25, 0.3) is 0 Å². The van der Waals surface area contributed by atoms with Crippen LogP contribution >= 0.6 is 0 Å². The molecule has 0 bridgehead atoms. The van der Waals surface area contributed by atoms with Crippen molar-refractivity contribution in [1.82, 2.24) is 4.90 Å². The zero-order chi connectivity index (χ0) is 18.6. The topological polar surface area (TPSA) is 55.8 Å². The summed E-state index contributed by atoms with van der Waals surface area (Å²) in [6.07, 6.45) is 0.0852. The molecular weight excluding hydrogens is 325 g/mol. The van der Waals surface area contributed by atoms with Gasteiger partial charge in [-0.1, -0.05) is 12.1 Å². The molecule has 1 amide bonds. The first-order chi connectivity index (χ1) is 11.7. The number of piperidine rings is 1. The molecule has 2 atom stereocenters. The number of ether oxygens (including phenoxy) is 2. The molecule has 1 aliphatic rings. The average molecular weight is 351 g/mol. The summed E-state index contributed by atoms with van der Waals surface area (Å²) in [5.74, 6) is -1.22. The minimum Gasteiger partial charge on any atom is -0.466 e. The summed E-state index contributed by atoms with van der Waals surface area (Å²) in [4.78, 5) is 26.3. The van der Waals surface area contributed by atoms with Gasteiger partial charge in [0.1, 0.15) is 11.4 Å². The minimum absolute atomic E-state index is 0.249. The number of rotatable bonds is 3. The number of esters is 1. The van der Waals surface area contributed by atoms with Gasteiger partial charge in [0, 0.05) is 19.0 Å². The van der Waals surface area contributed by atoms with Gasteiger partial charge in [0.2, 0.25) is 0 Å². The lowest BCUT2D eigenvalue weighted by atomic mass is 9.81. The third kappa shape index (κ3) is 5.18. The number of likely N-dealkylation sites (tertiary alicyclic amines) is 1. The summed E-state index contributed by atoms with van der Waals surface area (Å²) in [5, 5.41) is 0. The lowest BCUT2D eigenvalue weighted by Gasteiger charge is -2.38. The maximum atomic E-state index is 13.2. The number of carbonyl (C=O) groups excluding carboxylic acids is 2. The Morgan fingerprint density at radius 1 is 1.24 bits per heavy atom. The third-order valence-electron chi connectivity index (χ3n) is 4.15. The average Bonchev–Trinajstić information content (AvgIpc) is 2.53. The van der Waals surface area contributed by atoms with Gasteiger partial charge in [0.05, 0.1) is 12.5 Å². The first-order valence-corrected chi connectivity index (χ1v) is 8.61. The summed E-state index contributed by atoms with van der Waals surface area (Å²) in [5.41, 5.74) is 0.230. The molecule has 1 fully saturated rings. The number of hydrogen-bond acceptors (Lipinski definition) is 4. The number of halogens is 1. The molecule has 0 saturated carbocycles. The molecule has 0 unspecified atom stereocenters. The molecular formula is C19H26FNO4. The fourth-order valence-corrected chi connectivity index (χ4v) is 3.02. The molecule has 138 valence electrons. The highest BCUT2D eigenvalue weighted by Gasteiger charge is 2.38. The lowest BCUT2D eigenvalue weighted by molar-refractivity contribution is -0.150. The van der Waals surface area contributed by atoms with Crippen LogP contribution in [0, 0.1) is 11.7 Å². The standard InChI is InChI=1S/C19H26FNO4/c1-5-24-17(22)15-10-11-21(18(23)25-19(2,3)4)12-16(15)13-6-8-14(20)9-7-13/h6-9,15-16H,5,10-12H2,1-4H3/t15-,16-/m1/s1. The van der Waals surface area contributed by atoms with Crippen molar-refractivity contribution in [1.29, 1.82) is 0 Å². The molecule has 0 aliphatic carbocycles. The second kappa shape index (κ2) is 7.85. The Bertz CT molecular complexity index is 609. The van der Waals surface area contributed by atoms with Gasteiger partial charge in [-0.15, -0.1) is 0 Å². The Hall–Kier alpha value is -2.11. The molecule has 0 aromatic heterocycles. The molecule has 0 N–H and O–H groups in total. The Morgan fingerprint density at radius 3 is 2.44 bits per heavy atom. The van der Waals surface area contributed by atoms with Crippen LogP contribution in [0.1, 0.15) is 45.6 Å². The Balaban J connectivity index is 2.21. The fourth-order valence-electron chi connectivity index (χ4n) is 3.02. The van der Waals surface area contributed by atoms with Crippen molar-refractivity contribution in [3.05, 3.63) is 35.6 Å². The van der Waals surface area contributed by atoms with Crippen molar-refractivity contribution in [2.45, 2.75) is 45.6 Å². The molecule has 5 nitrogen and oxygen atoms in total. The fraction of sp³-hybridized carbons (Fsp3) is 0.579. The van der Waals surface area contributed by atoms with E-state index in [9.17, 15) is 14.0 Å². The van der Waals surface area contributed by atoms with E-state index < -0.39 is 11.7 Å². The molecule has 1 aliphatic heterocycles. The van der Waals surface area contributed by atoms with Gasteiger partial charge in [-0.3, -0.25) is 4.79 Å². The maximum Gasteiger partial charge on any atom is 0.410 e. The molecule has 6 heteroatoms. The van der Waals surface area contributed by atoms with E-state index in [1.54, 1.807) is 24.0 Å². The van der Waals surface area contributed by atoms with Crippen molar-refractivity contribution in [3.8, 4) is 0 Å². The van der Waals surface area contributed by atoms with E-state index >= 15 is 0 Å². The molecule has 1 aromatic carbocycles. The van der Waals surface area contributed by atoms with Crippen molar-refractivity contribution in [3.63, 3.8) is 0 Å². The Morgan fingerprint density at radius 2 is 1.88 bits per heavy atom. The second-order valence-electron chi connectivity index (χ2n) is 7.23. The van der Waals surface area contributed by atoms with Crippen molar-refractivity contribution >= 4 is 12.1 Å². The first-order valence-electron chi connectivity index (χ1n) is 8.61. The second-order valence-corrected chi connectivity index (χ2v) is 7.23. The lowest BCUT2D eigenvalue weighted by Crippen LogP contribution is -2.47. The van der Waals surface area contributed by atoms with Crippen molar-refractivity contribution in [2.24, 2.45) is 5.92 Å². The van der Waals surface area contributed by atoms with E-state index in [0.29, 0.717) is 26.1 Å². The van der Waals surface area contributed by atoms with Gasteiger partial charge in [0.15, 0.2) is 0 Å². The maximum absolute atomic E-state index is 13.2. The molecule has 1 aromatic rings. The highest BCUT2D eigenvalue weighted by Crippen LogP contribution is 2.34. The van der Waals surface area contributed by atoms with Gasteiger partial charge < -0.3 is 14.4 Å². The zero-order valence-corrected chi connectivity index (χ0v) is 15.3. The van der Waals surface area contributed by atoms with Gasteiger partial charge in [-0.05, 0) is 51.8 Å². The van der Waals surface area contributed by atoms with Crippen LogP contribution in [0.3, 0.4) is 0 Å². The number of benzene rings is 1. The largest absolute Gasteiger partial charge is 0.466 e. The summed E-state index contributed by atoms with van der Waals surface area (Å²) in [7, 11) is 0.